The summed E-state index contributed by atoms with van der Waals surface area (Å²) in [6.07, 6.45) is 6.44. The molecule has 0 amide bonds. The van der Waals surface area contributed by atoms with Crippen molar-refractivity contribution in [1.29, 1.82) is 0 Å². The van der Waals surface area contributed by atoms with Crippen LogP contribution in [0, 0.1) is 0 Å². The lowest BCUT2D eigenvalue weighted by Crippen LogP contribution is -2.33. The van der Waals surface area contributed by atoms with E-state index >= 15 is 0 Å². The average molecular weight is 293 g/mol. The van der Waals surface area contributed by atoms with Crippen LogP contribution < -0.4 is 4.57 Å². The molecule has 2 aromatic heterocycles. The third-order valence-corrected chi connectivity index (χ3v) is 5.12. The summed E-state index contributed by atoms with van der Waals surface area (Å²) in [6, 6.07) is 15.7. The molecule has 4 aromatic rings. The van der Waals surface area contributed by atoms with Gasteiger partial charge in [-0.25, -0.2) is 9.13 Å². The van der Waals surface area contributed by atoms with Gasteiger partial charge in [-0.05, 0) is 26.0 Å². The molecule has 2 nitrogen and oxygen atoms in total. The molecule has 0 aliphatic carbocycles. The molecule has 0 aliphatic heterocycles. The highest BCUT2D eigenvalue weighted by atomic mass is 32.1. The van der Waals surface area contributed by atoms with E-state index in [1.807, 2.05) is 11.3 Å². The number of aromatic nitrogens is 2. The lowest BCUT2D eigenvalue weighted by molar-refractivity contribution is -0.715. The molecule has 0 radical (unpaired) electrons. The fraction of sp³-hybridized carbons (Fsp3) is 0.167. The van der Waals surface area contributed by atoms with E-state index in [-0.39, 0.29) is 0 Å². The Morgan fingerprint density at radius 2 is 1.81 bits per heavy atom. The van der Waals surface area contributed by atoms with Crippen molar-refractivity contribution in [1.82, 2.24) is 4.57 Å². The van der Waals surface area contributed by atoms with Crippen molar-refractivity contribution in [3.05, 3.63) is 61.2 Å². The summed E-state index contributed by atoms with van der Waals surface area (Å²) in [5.41, 5.74) is 1.26. The molecular weight excluding hydrogens is 276 g/mol. The van der Waals surface area contributed by atoms with Gasteiger partial charge in [0.2, 0.25) is 6.33 Å². The lowest BCUT2D eigenvalue weighted by atomic mass is 10.1. The van der Waals surface area contributed by atoms with Crippen LogP contribution in [0.25, 0.3) is 25.9 Å². The first-order valence-electron chi connectivity index (χ1n) is 7.23. The summed E-state index contributed by atoms with van der Waals surface area (Å²) in [5.74, 6) is 0. The molecule has 3 heteroatoms. The quantitative estimate of drug-likeness (QED) is 0.473. The standard InChI is InChI=1S/C18H17N2S/c1-13(2)19-10-11-20(12-19)16-8-5-7-15-14-6-3-4-9-17(14)21-18(15)16/h3-13H,1-2H3/q+1. The molecule has 0 spiro atoms. The molecule has 0 fully saturated rings. The molecule has 104 valence electrons. The summed E-state index contributed by atoms with van der Waals surface area (Å²) in [5, 5.41) is 2.70. The maximum absolute atomic E-state index is 2.23. The second kappa shape index (κ2) is 4.71. The van der Waals surface area contributed by atoms with Gasteiger partial charge in [-0.3, -0.25) is 0 Å². The number of rotatable bonds is 2. The molecule has 0 atom stereocenters. The largest absolute Gasteiger partial charge is 0.249 e. The van der Waals surface area contributed by atoms with Crippen LogP contribution in [0.15, 0.2) is 61.2 Å². The van der Waals surface area contributed by atoms with Crippen LogP contribution in [0.5, 0.6) is 0 Å². The Morgan fingerprint density at radius 1 is 1.00 bits per heavy atom. The van der Waals surface area contributed by atoms with E-state index in [9.17, 15) is 0 Å². The van der Waals surface area contributed by atoms with Gasteiger partial charge >= 0.3 is 0 Å². The van der Waals surface area contributed by atoms with Crippen molar-refractivity contribution >= 4 is 31.5 Å². The zero-order valence-corrected chi connectivity index (χ0v) is 13.0. The van der Waals surface area contributed by atoms with Gasteiger partial charge < -0.3 is 0 Å². The average Bonchev–Trinajstić information content (AvgIpc) is 3.11. The first kappa shape index (κ1) is 12.6. The Kier molecular flexibility index (Phi) is 2.82. The Morgan fingerprint density at radius 3 is 2.62 bits per heavy atom. The van der Waals surface area contributed by atoms with Crippen LogP contribution in [0.1, 0.15) is 19.9 Å². The molecule has 2 aromatic carbocycles. The normalized spacial score (nSPS) is 11.8. The third kappa shape index (κ3) is 1.96. The van der Waals surface area contributed by atoms with Gasteiger partial charge in [0.25, 0.3) is 0 Å². The van der Waals surface area contributed by atoms with E-state index in [1.54, 1.807) is 0 Å². The third-order valence-electron chi connectivity index (χ3n) is 3.92. The molecule has 0 aliphatic rings. The number of benzene rings is 2. The van der Waals surface area contributed by atoms with Gasteiger partial charge in [0.15, 0.2) is 0 Å². The maximum Gasteiger partial charge on any atom is 0.249 e. The molecule has 0 saturated carbocycles. The zero-order valence-electron chi connectivity index (χ0n) is 12.2. The van der Waals surface area contributed by atoms with Gasteiger partial charge in [0, 0.05) is 15.5 Å². The minimum absolute atomic E-state index is 0.480. The van der Waals surface area contributed by atoms with Crippen LogP contribution in [-0.2, 0) is 0 Å². The topological polar surface area (TPSA) is 8.81 Å². The summed E-state index contributed by atoms with van der Waals surface area (Å²) in [4.78, 5) is 0. The summed E-state index contributed by atoms with van der Waals surface area (Å²) in [6.45, 7) is 4.40. The van der Waals surface area contributed by atoms with Gasteiger partial charge in [-0.1, -0.05) is 30.3 Å². The van der Waals surface area contributed by atoms with E-state index in [0.29, 0.717) is 6.04 Å². The Labute approximate surface area is 127 Å². The SMILES string of the molecule is CC(C)[n+]1ccn(-c2cccc3c2sc2ccccc23)c1. The van der Waals surface area contributed by atoms with Crippen molar-refractivity contribution in [3.8, 4) is 5.69 Å². The van der Waals surface area contributed by atoms with Crippen LogP contribution in [0.2, 0.25) is 0 Å². The van der Waals surface area contributed by atoms with Crippen molar-refractivity contribution in [2.24, 2.45) is 0 Å². The fourth-order valence-electron chi connectivity index (χ4n) is 2.75. The predicted molar refractivity (Wildman–Crippen MR) is 89.2 cm³/mol. The number of fused-ring (bicyclic) bond motifs is 3. The summed E-state index contributed by atoms with van der Waals surface area (Å²) in [7, 11) is 0. The van der Waals surface area contributed by atoms with E-state index in [0.717, 1.165) is 0 Å². The van der Waals surface area contributed by atoms with Crippen molar-refractivity contribution in [2.45, 2.75) is 19.9 Å². The van der Waals surface area contributed by atoms with E-state index < -0.39 is 0 Å². The van der Waals surface area contributed by atoms with Gasteiger partial charge in [-0.2, -0.15) is 0 Å². The molecule has 0 N–H and O–H groups in total. The number of imidazole rings is 1. The van der Waals surface area contributed by atoms with Gasteiger partial charge in [0.1, 0.15) is 18.1 Å². The van der Waals surface area contributed by atoms with Crippen LogP contribution in [0.3, 0.4) is 0 Å². The number of nitrogens with zero attached hydrogens (tertiary/aromatic N) is 2. The minimum Gasteiger partial charge on any atom is -0.234 e. The zero-order chi connectivity index (χ0) is 14.4. The Balaban J connectivity index is 1.99. The minimum atomic E-state index is 0.480. The molecule has 4 rings (SSSR count). The van der Waals surface area contributed by atoms with Crippen LogP contribution in [-0.4, -0.2) is 4.57 Å². The Hall–Kier alpha value is -2.13. The van der Waals surface area contributed by atoms with Gasteiger partial charge in [-0.15, -0.1) is 11.3 Å². The summed E-state index contributed by atoms with van der Waals surface area (Å²) < 4.78 is 7.15. The molecule has 2 heterocycles. The van der Waals surface area contributed by atoms with Crippen molar-refractivity contribution in [3.63, 3.8) is 0 Å². The number of thiophene rings is 1. The summed E-state index contributed by atoms with van der Waals surface area (Å²) >= 11 is 1.87. The lowest BCUT2D eigenvalue weighted by Gasteiger charge is -1.99. The highest BCUT2D eigenvalue weighted by Gasteiger charge is 2.14. The van der Waals surface area contributed by atoms with E-state index in [1.165, 1.54) is 25.9 Å². The first-order chi connectivity index (χ1) is 10.2. The van der Waals surface area contributed by atoms with E-state index in [4.69, 9.17) is 0 Å². The maximum atomic E-state index is 2.23. The monoisotopic (exact) mass is 293 g/mol. The highest BCUT2D eigenvalue weighted by Crippen LogP contribution is 2.36. The highest BCUT2D eigenvalue weighted by molar-refractivity contribution is 7.26. The Bertz CT molecular complexity index is 931. The second-order valence-corrected chi connectivity index (χ2v) is 6.67. The molecule has 0 unspecified atom stereocenters. The molecule has 21 heavy (non-hydrogen) atoms. The molecular formula is C18H17N2S+. The predicted octanol–water partition coefficient (Wildman–Crippen LogP) is 4.71. The smallest absolute Gasteiger partial charge is 0.234 e. The van der Waals surface area contributed by atoms with E-state index in [2.05, 4.69) is 84.2 Å². The first-order valence-corrected chi connectivity index (χ1v) is 8.05. The molecule has 0 bridgehead atoms. The number of hydrogen-bond donors (Lipinski definition) is 0. The number of hydrogen-bond acceptors (Lipinski definition) is 1. The van der Waals surface area contributed by atoms with Crippen LogP contribution in [0.4, 0.5) is 0 Å². The van der Waals surface area contributed by atoms with Gasteiger partial charge in [0.05, 0.1) is 10.7 Å². The van der Waals surface area contributed by atoms with Crippen molar-refractivity contribution < 1.29 is 4.57 Å². The molecule has 0 saturated heterocycles. The second-order valence-electron chi connectivity index (χ2n) is 5.61. The van der Waals surface area contributed by atoms with Crippen molar-refractivity contribution in [2.75, 3.05) is 0 Å². The van der Waals surface area contributed by atoms with Crippen LogP contribution >= 0.6 is 11.3 Å². The fourth-order valence-corrected chi connectivity index (χ4v) is 3.97.